The van der Waals surface area contributed by atoms with Crippen LogP contribution in [0.5, 0.6) is 5.75 Å². The van der Waals surface area contributed by atoms with E-state index >= 15 is 4.39 Å². The number of rotatable bonds is 7. The quantitative estimate of drug-likeness (QED) is 0.278. The molecule has 2 unspecified atom stereocenters. The molecule has 11 heteroatoms. The highest BCUT2D eigenvalue weighted by Crippen LogP contribution is 2.55. The molecule has 1 fully saturated rings. The van der Waals surface area contributed by atoms with Gasteiger partial charge in [-0.15, -0.1) is 0 Å². The van der Waals surface area contributed by atoms with Crippen LogP contribution in [0.4, 0.5) is 23.2 Å². The third-order valence-corrected chi connectivity index (χ3v) is 7.21. The van der Waals surface area contributed by atoms with Crippen molar-refractivity contribution in [3.05, 3.63) is 64.6 Å². The lowest BCUT2D eigenvalue weighted by atomic mass is 9.82. The molecular weight excluding hydrogens is 494 g/mol. The highest BCUT2D eigenvalue weighted by molar-refractivity contribution is 7.99. The first kappa shape index (κ1) is 24.8. The summed E-state index contributed by atoms with van der Waals surface area (Å²) < 4.78 is 56.5. The van der Waals surface area contributed by atoms with Crippen LogP contribution in [0.15, 0.2) is 42.5 Å². The van der Waals surface area contributed by atoms with Crippen molar-refractivity contribution >= 4 is 40.0 Å². The topological polar surface area (TPSA) is 78.3 Å². The Morgan fingerprint density at radius 2 is 1.91 bits per heavy atom. The van der Waals surface area contributed by atoms with E-state index in [-0.39, 0.29) is 16.3 Å². The lowest BCUT2D eigenvalue weighted by Gasteiger charge is -2.36. The summed E-state index contributed by atoms with van der Waals surface area (Å²) in [7, 11) is 0. The molecule has 2 aromatic carbocycles. The van der Waals surface area contributed by atoms with Crippen LogP contribution in [0.1, 0.15) is 24.6 Å². The number of anilines is 1. The van der Waals surface area contributed by atoms with E-state index in [9.17, 15) is 23.4 Å². The van der Waals surface area contributed by atoms with Crippen LogP contribution in [-0.2, 0) is 5.66 Å². The Balaban J connectivity index is 1.96. The van der Waals surface area contributed by atoms with Crippen LogP contribution >= 0.6 is 23.4 Å². The minimum absolute atomic E-state index is 0.296. The number of hydrogen-bond acceptors (Lipinski definition) is 6. The van der Waals surface area contributed by atoms with Crippen LogP contribution in [-0.4, -0.2) is 38.5 Å². The van der Waals surface area contributed by atoms with Crippen molar-refractivity contribution in [3.63, 3.8) is 0 Å². The maximum absolute atomic E-state index is 15.3. The van der Waals surface area contributed by atoms with Gasteiger partial charge in [-0.05, 0) is 43.0 Å². The highest BCUT2D eigenvalue weighted by atomic mass is 35.5. The number of hydrazine groups is 1. The number of nitrogens with one attached hydrogen (secondary N) is 1. The maximum atomic E-state index is 15.3. The average Bonchev–Trinajstić information content (AvgIpc) is 3.51. The summed E-state index contributed by atoms with van der Waals surface area (Å²) in [4.78, 5) is 4.45. The van der Waals surface area contributed by atoms with E-state index in [1.807, 2.05) is 6.92 Å². The van der Waals surface area contributed by atoms with E-state index in [2.05, 4.69) is 10.4 Å². The zero-order valence-electron chi connectivity index (χ0n) is 18.2. The molecule has 0 bridgehead atoms. The molecule has 3 N–H and O–H groups in total. The second-order valence-corrected chi connectivity index (χ2v) is 9.85. The van der Waals surface area contributed by atoms with Gasteiger partial charge in [0.15, 0.2) is 17.2 Å². The molecular formula is C23H22ClF4N3O2S. The summed E-state index contributed by atoms with van der Waals surface area (Å²) in [6.07, 6.45) is -6.37. The zero-order chi connectivity index (χ0) is 24.9. The minimum atomic E-state index is -4.76. The number of pyridine rings is 1. The van der Waals surface area contributed by atoms with E-state index in [4.69, 9.17) is 11.6 Å². The molecule has 2 heterocycles. The predicted molar refractivity (Wildman–Crippen MR) is 125 cm³/mol. The van der Waals surface area contributed by atoms with Gasteiger partial charge >= 0.3 is 6.18 Å². The number of aromatic nitrogens is 1. The lowest BCUT2D eigenvalue weighted by Crippen LogP contribution is -2.52. The molecule has 4 rings (SSSR count). The Labute approximate surface area is 202 Å². The highest BCUT2D eigenvalue weighted by Gasteiger charge is 2.70. The van der Waals surface area contributed by atoms with Gasteiger partial charge in [0.2, 0.25) is 0 Å². The van der Waals surface area contributed by atoms with Crippen molar-refractivity contribution in [2.24, 2.45) is 0 Å². The van der Waals surface area contributed by atoms with E-state index in [1.54, 1.807) is 37.3 Å². The summed E-state index contributed by atoms with van der Waals surface area (Å²) in [5, 5.41) is 23.4. The van der Waals surface area contributed by atoms with Gasteiger partial charge in [0.1, 0.15) is 5.60 Å². The number of halogens is 5. The van der Waals surface area contributed by atoms with Crippen molar-refractivity contribution in [3.8, 4) is 5.75 Å². The monoisotopic (exact) mass is 515 g/mol. The SMILES string of the molecule is CCSCC(O)(CC(F)(F)F)C1(c2ccc(Cl)c(O)c2F)NN1c1cccc2nc(C)ccc12. The fraction of sp³-hybridized carbons (Fsp3) is 0.348. The number of thioether (sulfide) groups is 1. The van der Waals surface area contributed by atoms with Crippen LogP contribution in [0.25, 0.3) is 10.9 Å². The fourth-order valence-corrected chi connectivity index (χ4v) is 5.26. The largest absolute Gasteiger partial charge is 0.504 e. The molecule has 0 amide bonds. The molecule has 182 valence electrons. The summed E-state index contributed by atoms with van der Waals surface area (Å²) in [5.41, 5.74) is -0.326. The second-order valence-electron chi connectivity index (χ2n) is 8.17. The number of aryl methyl sites for hydroxylation is 1. The van der Waals surface area contributed by atoms with Gasteiger partial charge < -0.3 is 10.2 Å². The molecule has 2 atom stereocenters. The molecule has 34 heavy (non-hydrogen) atoms. The van der Waals surface area contributed by atoms with E-state index < -0.39 is 35.4 Å². The van der Waals surface area contributed by atoms with E-state index in [1.165, 1.54) is 17.1 Å². The third kappa shape index (κ3) is 4.17. The summed E-state index contributed by atoms with van der Waals surface area (Å²) in [5.74, 6) is -2.03. The maximum Gasteiger partial charge on any atom is 0.392 e. The predicted octanol–water partition coefficient (Wildman–Crippen LogP) is 5.66. The molecule has 3 aromatic rings. The van der Waals surface area contributed by atoms with Gasteiger partial charge in [0.05, 0.1) is 22.6 Å². The summed E-state index contributed by atoms with van der Waals surface area (Å²) in [6.45, 7) is 3.55. The van der Waals surface area contributed by atoms with Gasteiger partial charge in [0, 0.05) is 22.4 Å². The number of aliphatic hydroxyl groups is 1. The molecule has 0 saturated carbocycles. The smallest absolute Gasteiger partial charge is 0.392 e. The Morgan fingerprint density at radius 3 is 2.59 bits per heavy atom. The molecule has 0 spiro atoms. The number of phenols is 1. The number of nitrogens with zero attached hydrogens (tertiary/aromatic N) is 2. The number of alkyl halides is 3. The zero-order valence-corrected chi connectivity index (χ0v) is 19.8. The van der Waals surface area contributed by atoms with Gasteiger partial charge in [-0.1, -0.05) is 30.7 Å². The Bertz CT molecular complexity index is 1240. The van der Waals surface area contributed by atoms with E-state index in [0.29, 0.717) is 22.3 Å². The summed E-state index contributed by atoms with van der Waals surface area (Å²) in [6, 6.07) is 10.9. The molecule has 1 saturated heterocycles. The van der Waals surface area contributed by atoms with E-state index in [0.717, 1.165) is 17.5 Å². The number of phenolic OH excluding ortho intramolecular Hbond substituents is 1. The van der Waals surface area contributed by atoms with Gasteiger partial charge in [-0.2, -0.15) is 30.4 Å². The van der Waals surface area contributed by atoms with Crippen LogP contribution < -0.4 is 10.4 Å². The molecule has 1 aliphatic heterocycles. The standard InChI is InChI=1S/C23H22ClF4N3O2S/c1-3-34-12-21(33,11-22(26,27)28)23(15-9-10-16(24)20(32)19(15)25)30-31(23)18-6-4-5-17-14(18)8-7-13(2)29-17/h4-10,30,32-33H,3,11-12H2,1-2H3. The molecule has 5 nitrogen and oxygen atoms in total. The van der Waals surface area contributed by atoms with Crippen LogP contribution in [0, 0.1) is 12.7 Å². The van der Waals surface area contributed by atoms with Crippen LogP contribution in [0.3, 0.4) is 0 Å². The van der Waals surface area contributed by atoms with Crippen molar-refractivity contribution in [1.82, 2.24) is 10.4 Å². The van der Waals surface area contributed by atoms with Gasteiger partial charge in [-0.25, -0.2) is 4.39 Å². The first-order valence-corrected chi connectivity index (χ1v) is 12.0. The number of aromatic hydroxyl groups is 1. The molecule has 1 aromatic heterocycles. The number of hydrogen-bond donors (Lipinski definition) is 3. The van der Waals surface area contributed by atoms with Crippen LogP contribution in [0.2, 0.25) is 5.02 Å². The number of benzene rings is 2. The third-order valence-electron chi connectivity index (χ3n) is 5.82. The molecule has 1 aliphatic rings. The minimum Gasteiger partial charge on any atom is -0.504 e. The molecule has 0 radical (unpaired) electrons. The molecule has 0 aliphatic carbocycles. The average molecular weight is 516 g/mol. The van der Waals surface area contributed by atoms with Crippen molar-refractivity contribution < 1.29 is 27.8 Å². The lowest BCUT2D eigenvalue weighted by molar-refractivity contribution is -0.179. The first-order valence-electron chi connectivity index (χ1n) is 10.4. The summed E-state index contributed by atoms with van der Waals surface area (Å²) >= 11 is 6.92. The second kappa shape index (κ2) is 8.75. The Hall–Kier alpha value is -2.27. The first-order chi connectivity index (χ1) is 15.9. The van der Waals surface area contributed by atoms with Gasteiger partial charge in [-0.3, -0.25) is 9.99 Å². The Kier molecular flexibility index (Phi) is 6.39. The number of fused-ring (bicyclic) bond motifs is 1. The van der Waals surface area contributed by atoms with Crippen molar-refractivity contribution in [1.29, 1.82) is 0 Å². The van der Waals surface area contributed by atoms with Crippen molar-refractivity contribution in [2.75, 3.05) is 16.5 Å². The van der Waals surface area contributed by atoms with Gasteiger partial charge in [0.25, 0.3) is 0 Å². The van der Waals surface area contributed by atoms with Crippen molar-refractivity contribution in [2.45, 2.75) is 37.7 Å². The normalized spacial score (nSPS) is 19.9. The fourth-order valence-electron chi connectivity index (χ4n) is 4.26. The Morgan fingerprint density at radius 1 is 1.18 bits per heavy atom.